The van der Waals surface area contributed by atoms with E-state index in [9.17, 15) is 9.18 Å². The van der Waals surface area contributed by atoms with Crippen LogP contribution in [0.4, 0.5) is 4.39 Å². The third-order valence-electron chi connectivity index (χ3n) is 6.41. The molecule has 1 fully saturated rings. The molecular weight excluding hydrogens is 437 g/mol. The molecule has 0 spiro atoms. The van der Waals surface area contributed by atoms with Crippen molar-refractivity contribution in [3.8, 4) is 10.4 Å². The van der Waals surface area contributed by atoms with E-state index in [2.05, 4.69) is 16.9 Å². The van der Waals surface area contributed by atoms with Crippen LogP contribution in [0.5, 0.6) is 0 Å². The first kappa shape index (κ1) is 21.8. The van der Waals surface area contributed by atoms with Gasteiger partial charge in [0, 0.05) is 19.0 Å². The van der Waals surface area contributed by atoms with Crippen LogP contribution in [0, 0.1) is 18.7 Å². The highest BCUT2D eigenvalue weighted by molar-refractivity contribution is 7.15. The number of piperidine rings is 1. The molecule has 5 nitrogen and oxygen atoms in total. The van der Waals surface area contributed by atoms with Gasteiger partial charge in [0.05, 0.1) is 9.88 Å². The molecule has 170 valence electrons. The second kappa shape index (κ2) is 9.06. The Morgan fingerprint density at radius 3 is 2.76 bits per heavy atom. The lowest BCUT2D eigenvalue weighted by molar-refractivity contribution is 0.0491. The van der Waals surface area contributed by atoms with Gasteiger partial charge >= 0.3 is 0 Å². The van der Waals surface area contributed by atoms with Crippen molar-refractivity contribution in [3.05, 3.63) is 70.9 Å². The summed E-state index contributed by atoms with van der Waals surface area (Å²) in [5, 5.41) is 0.825. The van der Waals surface area contributed by atoms with Crippen molar-refractivity contribution in [1.82, 2.24) is 14.9 Å². The molecule has 3 heterocycles. The number of thiazole rings is 1. The molecule has 0 bridgehead atoms. The first-order chi connectivity index (χ1) is 16.0. The molecule has 1 saturated heterocycles. The number of oxazole rings is 1. The summed E-state index contributed by atoms with van der Waals surface area (Å²) in [7, 11) is 0. The first-order valence-electron chi connectivity index (χ1n) is 11.4. The molecule has 2 aromatic carbocycles. The summed E-state index contributed by atoms with van der Waals surface area (Å²) in [6, 6.07) is 14.1. The van der Waals surface area contributed by atoms with Gasteiger partial charge in [-0.2, -0.15) is 0 Å². The van der Waals surface area contributed by atoms with Crippen molar-refractivity contribution >= 4 is 28.3 Å². The fraction of sp³-hybridized carbons (Fsp3) is 0.346. The second-order valence-electron chi connectivity index (χ2n) is 8.72. The highest BCUT2D eigenvalue weighted by atomic mass is 32.1. The molecule has 0 saturated carbocycles. The predicted molar refractivity (Wildman–Crippen MR) is 128 cm³/mol. The van der Waals surface area contributed by atoms with Crippen LogP contribution >= 0.6 is 11.3 Å². The Morgan fingerprint density at radius 1 is 1.18 bits per heavy atom. The van der Waals surface area contributed by atoms with E-state index in [4.69, 9.17) is 4.42 Å². The molecule has 0 aliphatic carbocycles. The summed E-state index contributed by atoms with van der Waals surface area (Å²) in [6.07, 6.45) is 3.52. The number of halogens is 1. The first-order valence-corrected chi connectivity index (χ1v) is 12.2. The molecule has 2 aromatic heterocycles. The summed E-state index contributed by atoms with van der Waals surface area (Å²) >= 11 is 1.47. The second-order valence-corrected chi connectivity index (χ2v) is 9.92. The smallest absolute Gasteiger partial charge is 0.274 e. The number of likely N-dealkylation sites (tertiary alicyclic amines) is 1. The number of rotatable bonds is 5. The van der Waals surface area contributed by atoms with E-state index in [0.29, 0.717) is 30.5 Å². The molecular formula is C26H26FN3O2S. The molecule has 5 rings (SSSR count). The largest absolute Gasteiger partial charge is 0.441 e. The van der Waals surface area contributed by atoms with Gasteiger partial charge in [-0.05, 0) is 61.9 Å². The van der Waals surface area contributed by atoms with Crippen LogP contribution in [0.2, 0.25) is 0 Å². The maximum atomic E-state index is 13.7. The summed E-state index contributed by atoms with van der Waals surface area (Å²) in [6.45, 7) is 4.82. The molecule has 33 heavy (non-hydrogen) atoms. The molecule has 4 aromatic rings. The van der Waals surface area contributed by atoms with E-state index in [0.717, 1.165) is 45.8 Å². The van der Waals surface area contributed by atoms with Gasteiger partial charge < -0.3 is 9.32 Å². The van der Waals surface area contributed by atoms with Gasteiger partial charge in [-0.15, -0.1) is 11.3 Å². The minimum atomic E-state index is -0.294. The standard InChI is InChI=1S/C26H26FN3O2S/c1-16-6-5-15-30(21(16)13-14-23-29-20-7-3-4-8-22(20)32-23)26(31)24-25(33-17(2)28-24)18-9-11-19(27)12-10-18/h3-4,7-12,16,21H,5-6,13-15H2,1-2H3/t16-,21-/m0/s1. The minimum Gasteiger partial charge on any atom is -0.441 e. The molecule has 0 radical (unpaired) electrons. The number of fused-ring (bicyclic) bond motifs is 1. The van der Waals surface area contributed by atoms with E-state index in [1.807, 2.05) is 36.1 Å². The van der Waals surface area contributed by atoms with E-state index >= 15 is 0 Å². The number of nitrogens with zero attached hydrogens (tertiary/aromatic N) is 3. The van der Waals surface area contributed by atoms with Crippen molar-refractivity contribution in [1.29, 1.82) is 0 Å². The Labute approximate surface area is 196 Å². The number of para-hydroxylation sites is 2. The number of aryl methyl sites for hydroxylation is 2. The zero-order chi connectivity index (χ0) is 22.9. The quantitative estimate of drug-likeness (QED) is 0.350. The minimum absolute atomic E-state index is 0.0483. The van der Waals surface area contributed by atoms with Crippen molar-refractivity contribution in [3.63, 3.8) is 0 Å². The maximum Gasteiger partial charge on any atom is 0.274 e. The van der Waals surface area contributed by atoms with E-state index in [1.54, 1.807) is 12.1 Å². The average Bonchev–Trinajstić information content (AvgIpc) is 3.41. The zero-order valence-corrected chi connectivity index (χ0v) is 19.6. The fourth-order valence-corrected chi connectivity index (χ4v) is 5.66. The number of carbonyl (C=O) groups is 1. The topological polar surface area (TPSA) is 59.2 Å². The van der Waals surface area contributed by atoms with Crippen LogP contribution in [0.25, 0.3) is 21.5 Å². The summed E-state index contributed by atoms with van der Waals surface area (Å²) < 4.78 is 19.4. The van der Waals surface area contributed by atoms with Crippen molar-refractivity contribution < 1.29 is 13.6 Å². The Hall–Kier alpha value is -3.06. The maximum absolute atomic E-state index is 13.7. The van der Waals surface area contributed by atoms with Gasteiger partial charge in [0.1, 0.15) is 17.0 Å². The van der Waals surface area contributed by atoms with Gasteiger partial charge in [-0.25, -0.2) is 14.4 Å². The number of hydrogen-bond acceptors (Lipinski definition) is 5. The van der Waals surface area contributed by atoms with Crippen LogP contribution in [-0.2, 0) is 6.42 Å². The normalized spacial score (nSPS) is 18.7. The van der Waals surface area contributed by atoms with E-state index in [-0.39, 0.29) is 17.8 Å². The predicted octanol–water partition coefficient (Wildman–Crippen LogP) is 6.27. The summed E-state index contributed by atoms with van der Waals surface area (Å²) in [5.41, 5.74) is 2.93. The number of benzene rings is 2. The van der Waals surface area contributed by atoms with E-state index < -0.39 is 0 Å². The molecule has 1 amide bonds. The van der Waals surface area contributed by atoms with Crippen molar-refractivity contribution in [2.24, 2.45) is 5.92 Å². The van der Waals surface area contributed by atoms with Gasteiger partial charge in [0.25, 0.3) is 5.91 Å². The Bertz CT molecular complexity index is 1250. The fourth-order valence-electron chi connectivity index (χ4n) is 4.74. The monoisotopic (exact) mass is 463 g/mol. The van der Waals surface area contributed by atoms with Crippen molar-refractivity contribution in [2.75, 3.05) is 6.54 Å². The lowest BCUT2D eigenvalue weighted by Crippen LogP contribution is -2.48. The van der Waals surface area contributed by atoms with Crippen LogP contribution < -0.4 is 0 Å². The van der Waals surface area contributed by atoms with Gasteiger partial charge in [0.15, 0.2) is 11.5 Å². The zero-order valence-electron chi connectivity index (χ0n) is 18.8. The summed E-state index contributed by atoms with van der Waals surface area (Å²) in [4.78, 5) is 25.7. The van der Waals surface area contributed by atoms with Gasteiger partial charge in [-0.1, -0.05) is 31.2 Å². The number of aromatic nitrogens is 2. The highest BCUT2D eigenvalue weighted by Crippen LogP contribution is 2.34. The number of amides is 1. The Kier molecular flexibility index (Phi) is 5.98. The molecule has 1 aliphatic rings. The van der Waals surface area contributed by atoms with Gasteiger partial charge in [-0.3, -0.25) is 4.79 Å². The molecule has 0 N–H and O–H groups in total. The third-order valence-corrected chi connectivity index (χ3v) is 7.43. The van der Waals surface area contributed by atoms with Crippen LogP contribution in [0.3, 0.4) is 0 Å². The molecule has 1 aliphatic heterocycles. The van der Waals surface area contributed by atoms with E-state index in [1.165, 1.54) is 23.5 Å². The highest BCUT2D eigenvalue weighted by Gasteiger charge is 2.34. The SMILES string of the molecule is Cc1nc(C(=O)N2CCC[C@H](C)[C@@H]2CCc2nc3ccccc3o2)c(-c2ccc(F)cc2)s1. The molecule has 7 heteroatoms. The van der Waals surface area contributed by atoms with Gasteiger partial charge in [0.2, 0.25) is 0 Å². The summed E-state index contributed by atoms with van der Waals surface area (Å²) in [5.74, 6) is 0.740. The Balaban J connectivity index is 1.39. The lowest BCUT2D eigenvalue weighted by Gasteiger charge is -2.40. The lowest BCUT2D eigenvalue weighted by atomic mass is 9.87. The van der Waals surface area contributed by atoms with Crippen molar-refractivity contribution in [2.45, 2.75) is 45.6 Å². The Morgan fingerprint density at radius 2 is 1.97 bits per heavy atom. The van der Waals surface area contributed by atoms with Crippen LogP contribution in [0.15, 0.2) is 52.9 Å². The van der Waals surface area contributed by atoms with Crippen LogP contribution in [-0.4, -0.2) is 33.4 Å². The average molecular weight is 464 g/mol. The number of carbonyl (C=O) groups excluding carboxylic acids is 1. The molecule has 0 unspecified atom stereocenters. The third kappa shape index (κ3) is 4.42. The molecule has 2 atom stereocenters. The number of hydrogen-bond donors (Lipinski definition) is 0. The van der Waals surface area contributed by atoms with Crippen LogP contribution in [0.1, 0.15) is 47.6 Å².